The molecule has 1 aromatic carbocycles. The largest absolute Gasteiger partial charge is 0.444 e. The van der Waals surface area contributed by atoms with Crippen LogP contribution in [0.3, 0.4) is 0 Å². The summed E-state index contributed by atoms with van der Waals surface area (Å²) < 4.78 is 11.0. The fourth-order valence-corrected chi connectivity index (χ4v) is 3.16. The Bertz CT molecular complexity index is 743. The normalized spacial score (nSPS) is 12.9. The van der Waals surface area contributed by atoms with E-state index in [-0.39, 0.29) is 5.92 Å². The lowest BCUT2D eigenvalue weighted by Gasteiger charge is -2.23. The first kappa shape index (κ1) is 20.6. The number of nitrogens with zero attached hydrogens (tertiary/aromatic N) is 2. The average Bonchev–Trinajstić information content (AvgIpc) is 2.98. The molecule has 0 unspecified atom stereocenters. The summed E-state index contributed by atoms with van der Waals surface area (Å²) in [6, 6.07) is 7.19. The van der Waals surface area contributed by atoms with Crippen molar-refractivity contribution in [2.75, 3.05) is 0 Å². The van der Waals surface area contributed by atoms with E-state index in [2.05, 4.69) is 15.5 Å². The maximum absolute atomic E-state index is 12.1. The minimum Gasteiger partial charge on any atom is -0.444 e. The van der Waals surface area contributed by atoms with E-state index < -0.39 is 17.7 Å². The van der Waals surface area contributed by atoms with Gasteiger partial charge in [0, 0.05) is 10.8 Å². The summed E-state index contributed by atoms with van der Waals surface area (Å²) in [5, 5.41) is 12.1. The molecular weight excluding hydrogens is 374 g/mol. The molecule has 2 rings (SSSR count). The molecule has 0 saturated heterocycles. The molecule has 142 valence electrons. The summed E-state index contributed by atoms with van der Waals surface area (Å²) in [4.78, 5) is 12.1. The SMILES string of the molecule is CC(C)[C@H](NC(=O)OC(C)(C)C)c1nnc(SCc2ccccc2Cl)o1. The maximum Gasteiger partial charge on any atom is 0.408 e. The smallest absolute Gasteiger partial charge is 0.408 e. The molecule has 2 aromatic rings. The van der Waals surface area contributed by atoms with Crippen molar-refractivity contribution in [2.45, 2.75) is 57.2 Å². The molecule has 0 aliphatic rings. The number of amides is 1. The van der Waals surface area contributed by atoms with E-state index in [0.717, 1.165) is 5.56 Å². The van der Waals surface area contributed by atoms with E-state index in [9.17, 15) is 4.79 Å². The van der Waals surface area contributed by atoms with Crippen LogP contribution in [-0.2, 0) is 10.5 Å². The molecule has 1 aromatic heterocycles. The maximum atomic E-state index is 12.1. The van der Waals surface area contributed by atoms with Crippen LogP contribution in [-0.4, -0.2) is 21.9 Å². The van der Waals surface area contributed by atoms with Crippen LogP contribution in [0.1, 0.15) is 52.1 Å². The van der Waals surface area contributed by atoms with Crippen molar-refractivity contribution >= 4 is 29.5 Å². The van der Waals surface area contributed by atoms with Gasteiger partial charge in [-0.3, -0.25) is 0 Å². The van der Waals surface area contributed by atoms with Crippen molar-refractivity contribution < 1.29 is 13.9 Å². The number of hydrogen-bond donors (Lipinski definition) is 1. The number of aromatic nitrogens is 2. The van der Waals surface area contributed by atoms with E-state index >= 15 is 0 Å². The lowest BCUT2D eigenvalue weighted by atomic mass is 10.1. The number of carbonyl (C=O) groups excluding carboxylic acids is 1. The summed E-state index contributed by atoms with van der Waals surface area (Å²) in [6.07, 6.45) is -0.514. The molecule has 1 amide bonds. The van der Waals surface area contributed by atoms with Gasteiger partial charge in [0.05, 0.1) is 0 Å². The zero-order chi connectivity index (χ0) is 19.3. The molecule has 0 bridgehead atoms. The average molecular weight is 398 g/mol. The lowest BCUT2D eigenvalue weighted by Crippen LogP contribution is -2.37. The third kappa shape index (κ3) is 6.21. The van der Waals surface area contributed by atoms with Gasteiger partial charge in [-0.25, -0.2) is 4.79 Å². The third-order valence-corrected chi connectivity index (χ3v) is 4.57. The van der Waals surface area contributed by atoms with Gasteiger partial charge >= 0.3 is 6.09 Å². The van der Waals surface area contributed by atoms with E-state index in [1.54, 1.807) is 0 Å². The molecule has 1 heterocycles. The van der Waals surface area contributed by atoms with Crippen molar-refractivity contribution in [1.29, 1.82) is 0 Å². The first-order chi connectivity index (χ1) is 12.2. The Morgan fingerprint density at radius 2 is 2.00 bits per heavy atom. The molecule has 0 aliphatic heterocycles. The topological polar surface area (TPSA) is 77.2 Å². The van der Waals surface area contributed by atoms with E-state index in [1.165, 1.54) is 11.8 Å². The van der Waals surface area contributed by atoms with Gasteiger partial charge in [-0.15, -0.1) is 10.2 Å². The van der Waals surface area contributed by atoms with Gasteiger partial charge in [0.1, 0.15) is 11.6 Å². The van der Waals surface area contributed by atoms with Gasteiger partial charge in [0.2, 0.25) is 5.89 Å². The molecule has 1 N–H and O–H groups in total. The van der Waals surface area contributed by atoms with E-state index in [4.69, 9.17) is 20.8 Å². The quantitative estimate of drug-likeness (QED) is 0.672. The molecule has 0 radical (unpaired) electrons. The highest BCUT2D eigenvalue weighted by molar-refractivity contribution is 7.98. The number of thioether (sulfide) groups is 1. The summed E-state index contributed by atoms with van der Waals surface area (Å²) in [6.45, 7) is 9.36. The molecule has 26 heavy (non-hydrogen) atoms. The monoisotopic (exact) mass is 397 g/mol. The van der Waals surface area contributed by atoms with Crippen molar-refractivity contribution in [1.82, 2.24) is 15.5 Å². The van der Waals surface area contributed by atoms with Crippen LogP contribution in [0.2, 0.25) is 5.02 Å². The van der Waals surface area contributed by atoms with Gasteiger partial charge in [0.15, 0.2) is 0 Å². The van der Waals surface area contributed by atoms with Crippen LogP contribution >= 0.6 is 23.4 Å². The number of alkyl carbamates (subject to hydrolysis) is 1. The highest BCUT2D eigenvalue weighted by Gasteiger charge is 2.27. The zero-order valence-electron chi connectivity index (χ0n) is 15.6. The van der Waals surface area contributed by atoms with Gasteiger partial charge in [0.25, 0.3) is 5.22 Å². The standard InChI is InChI=1S/C18H24ClN3O3S/c1-11(2)14(20-16(23)25-18(3,4)5)15-21-22-17(24-15)26-10-12-8-6-7-9-13(12)19/h6-9,11,14H,10H2,1-5H3,(H,20,23)/t14-/m0/s1. The lowest BCUT2D eigenvalue weighted by molar-refractivity contribution is 0.0477. The first-order valence-electron chi connectivity index (χ1n) is 8.35. The predicted octanol–water partition coefficient (Wildman–Crippen LogP) is 5.24. The van der Waals surface area contributed by atoms with Crippen molar-refractivity contribution in [3.8, 4) is 0 Å². The number of halogens is 1. The molecule has 0 spiro atoms. The fraction of sp³-hybridized carbons (Fsp3) is 0.500. The number of nitrogens with one attached hydrogen (secondary N) is 1. The highest BCUT2D eigenvalue weighted by atomic mass is 35.5. The van der Waals surface area contributed by atoms with Crippen LogP contribution in [0.15, 0.2) is 33.9 Å². The minimum atomic E-state index is -0.573. The van der Waals surface area contributed by atoms with Crippen LogP contribution in [0, 0.1) is 5.92 Å². The molecule has 0 saturated carbocycles. The highest BCUT2D eigenvalue weighted by Crippen LogP contribution is 2.28. The van der Waals surface area contributed by atoms with Crippen molar-refractivity contribution in [3.05, 3.63) is 40.7 Å². The second-order valence-electron chi connectivity index (χ2n) is 7.15. The Hall–Kier alpha value is -1.73. The summed E-state index contributed by atoms with van der Waals surface area (Å²) in [7, 11) is 0. The Morgan fingerprint density at radius 1 is 1.31 bits per heavy atom. The molecule has 6 nitrogen and oxygen atoms in total. The van der Waals surface area contributed by atoms with Gasteiger partial charge in [-0.1, -0.05) is 55.4 Å². The first-order valence-corrected chi connectivity index (χ1v) is 9.71. The molecule has 0 fully saturated rings. The van der Waals surface area contributed by atoms with Crippen LogP contribution in [0.5, 0.6) is 0 Å². The van der Waals surface area contributed by atoms with Crippen LogP contribution < -0.4 is 5.32 Å². The summed E-state index contributed by atoms with van der Waals surface area (Å²) >= 11 is 7.55. The van der Waals surface area contributed by atoms with E-state index in [0.29, 0.717) is 21.9 Å². The Kier molecular flexibility index (Phi) is 6.94. The number of ether oxygens (including phenoxy) is 1. The predicted molar refractivity (Wildman–Crippen MR) is 102 cm³/mol. The molecular formula is C18H24ClN3O3S. The molecule has 0 aliphatic carbocycles. The van der Waals surface area contributed by atoms with Crippen molar-refractivity contribution in [3.63, 3.8) is 0 Å². The van der Waals surface area contributed by atoms with Gasteiger partial charge in [-0.05, 0) is 38.3 Å². The Labute approximate surface area is 163 Å². The van der Waals surface area contributed by atoms with Gasteiger partial charge < -0.3 is 14.5 Å². The zero-order valence-corrected chi connectivity index (χ0v) is 17.1. The molecule has 8 heteroatoms. The fourth-order valence-electron chi connectivity index (χ4n) is 2.11. The Morgan fingerprint density at radius 3 is 2.62 bits per heavy atom. The second-order valence-corrected chi connectivity index (χ2v) is 8.49. The molecule has 1 atom stereocenters. The second kappa shape index (κ2) is 8.77. The Balaban J connectivity index is 2.02. The number of benzene rings is 1. The van der Waals surface area contributed by atoms with Crippen LogP contribution in [0.4, 0.5) is 4.79 Å². The minimum absolute atomic E-state index is 0.0596. The number of carbonyl (C=O) groups is 1. The van der Waals surface area contributed by atoms with Crippen LogP contribution in [0.25, 0.3) is 0 Å². The third-order valence-electron chi connectivity index (χ3n) is 3.34. The summed E-state index contributed by atoms with van der Waals surface area (Å²) in [5.74, 6) is 1.03. The van der Waals surface area contributed by atoms with Gasteiger partial charge in [-0.2, -0.15) is 0 Å². The number of hydrogen-bond acceptors (Lipinski definition) is 6. The van der Waals surface area contributed by atoms with E-state index in [1.807, 2.05) is 58.9 Å². The van der Waals surface area contributed by atoms with Crippen molar-refractivity contribution in [2.24, 2.45) is 5.92 Å². The summed E-state index contributed by atoms with van der Waals surface area (Å²) in [5.41, 5.74) is 0.419. The number of rotatable bonds is 6.